The predicted octanol–water partition coefficient (Wildman–Crippen LogP) is 3.81. The number of amides is 1. The molecule has 4 aromatic rings. The lowest BCUT2D eigenvalue weighted by Gasteiger charge is -2.31. The molecule has 1 amide bonds. The Morgan fingerprint density at radius 3 is 2.70 bits per heavy atom. The molecule has 168 valence electrons. The Balaban J connectivity index is 1.35. The van der Waals surface area contributed by atoms with E-state index in [0.29, 0.717) is 41.4 Å². The standard InChI is InChI=1S/C25H23N3O4S/c1-2-27(12-18-14-31-20-10-6-7-11-21(20)32-18)22(29)13-28-16-26-24-23(25(28)30)19(15-33-24)17-8-4-3-5-9-17/h3-11,15-16,18H,2,12-14H2,1H3. The van der Waals surface area contributed by atoms with Crippen LogP contribution in [0.2, 0.25) is 0 Å². The molecule has 2 aromatic carbocycles. The van der Waals surface area contributed by atoms with Gasteiger partial charge in [0.2, 0.25) is 5.91 Å². The third-order valence-electron chi connectivity index (χ3n) is 5.68. The zero-order chi connectivity index (χ0) is 22.8. The second-order valence-electron chi connectivity index (χ2n) is 7.80. The summed E-state index contributed by atoms with van der Waals surface area (Å²) in [6.45, 7) is 3.07. The van der Waals surface area contributed by atoms with Crippen LogP contribution in [0.15, 0.2) is 71.1 Å². The van der Waals surface area contributed by atoms with Gasteiger partial charge >= 0.3 is 0 Å². The average Bonchev–Trinajstić information content (AvgIpc) is 3.29. The lowest BCUT2D eigenvalue weighted by molar-refractivity contribution is -0.133. The number of carbonyl (C=O) groups excluding carboxylic acids is 1. The van der Waals surface area contributed by atoms with Crippen molar-refractivity contribution in [2.75, 3.05) is 19.7 Å². The van der Waals surface area contributed by atoms with Crippen LogP contribution in [0, 0.1) is 0 Å². The number of fused-ring (bicyclic) bond motifs is 2. The van der Waals surface area contributed by atoms with Gasteiger partial charge in [-0.1, -0.05) is 42.5 Å². The summed E-state index contributed by atoms with van der Waals surface area (Å²) < 4.78 is 13.2. The van der Waals surface area contributed by atoms with Crippen molar-refractivity contribution in [1.82, 2.24) is 14.5 Å². The molecule has 1 atom stereocenters. The van der Waals surface area contributed by atoms with Crippen molar-refractivity contribution in [3.63, 3.8) is 0 Å². The second-order valence-corrected chi connectivity index (χ2v) is 8.66. The molecule has 1 unspecified atom stereocenters. The summed E-state index contributed by atoms with van der Waals surface area (Å²) in [6.07, 6.45) is 1.18. The van der Waals surface area contributed by atoms with Crippen molar-refractivity contribution in [2.24, 2.45) is 0 Å². The van der Waals surface area contributed by atoms with E-state index in [1.165, 1.54) is 22.2 Å². The van der Waals surface area contributed by atoms with Crippen LogP contribution in [0.25, 0.3) is 21.3 Å². The predicted molar refractivity (Wildman–Crippen MR) is 128 cm³/mol. The van der Waals surface area contributed by atoms with E-state index >= 15 is 0 Å². The number of ether oxygens (including phenoxy) is 2. The van der Waals surface area contributed by atoms with Gasteiger partial charge in [-0.15, -0.1) is 11.3 Å². The number of thiophene rings is 1. The van der Waals surface area contributed by atoms with Crippen LogP contribution in [-0.4, -0.2) is 46.2 Å². The maximum Gasteiger partial charge on any atom is 0.263 e. The number of nitrogens with zero attached hydrogens (tertiary/aromatic N) is 3. The largest absolute Gasteiger partial charge is 0.486 e. The van der Waals surface area contributed by atoms with Crippen LogP contribution in [-0.2, 0) is 11.3 Å². The fourth-order valence-corrected chi connectivity index (χ4v) is 4.87. The summed E-state index contributed by atoms with van der Waals surface area (Å²) in [5.74, 6) is 1.22. The van der Waals surface area contributed by atoms with E-state index in [1.54, 1.807) is 4.90 Å². The minimum Gasteiger partial charge on any atom is -0.486 e. The summed E-state index contributed by atoms with van der Waals surface area (Å²) in [5, 5.41) is 2.49. The number of hydrogen-bond donors (Lipinski definition) is 0. The highest BCUT2D eigenvalue weighted by Crippen LogP contribution is 2.31. The highest BCUT2D eigenvalue weighted by atomic mass is 32.1. The van der Waals surface area contributed by atoms with Crippen LogP contribution < -0.4 is 15.0 Å². The Bertz CT molecular complexity index is 1350. The molecule has 1 aliphatic heterocycles. The number of rotatable bonds is 6. The molecule has 8 heteroatoms. The number of aromatic nitrogens is 2. The molecule has 0 fully saturated rings. The molecule has 33 heavy (non-hydrogen) atoms. The van der Waals surface area contributed by atoms with Gasteiger partial charge in [0.05, 0.1) is 18.3 Å². The monoisotopic (exact) mass is 461 g/mol. The zero-order valence-corrected chi connectivity index (χ0v) is 19.0. The van der Waals surface area contributed by atoms with Crippen molar-refractivity contribution in [3.8, 4) is 22.6 Å². The lowest BCUT2D eigenvalue weighted by atomic mass is 10.1. The van der Waals surface area contributed by atoms with Crippen molar-refractivity contribution < 1.29 is 14.3 Å². The maximum atomic E-state index is 13.3. The summed E-state index contributed by atoms with van der Waals surface area (Å²) in [6, 6.07) is 17.2. The number of likely N-dealkylation sites (N-methyl/N-ethyl adjacent to an activating group) is 1. The number of hydrogen-bond acceptors (Lipinski definition) is 6. The third-order valence-corrected chi connectivity index (χ3v) is 6.56. The van der Waals surface area contributed by atoms with Crippen molar-refractivity contribution in [3.05, 3.63) is 76.7 Å². The lowest BCUT2D eigenvalue weighted by Crippen LogP contribution is -2.45. The van der Waals surface area contributed by atoms with Gasteiger partial charge in [-0.2, -0.15) is 0 Å². The SMILES string of the molecule is CCN(CC1COc2ccccc2O1)C(=O)Cn1cnc2scc(-c3ccccc3)c2c1=O. The molecular formula is C25H23N3O4S. The van der Waals surface area contributed by atoms with E-state index in [2.05, 4.69) is 4.98 Å². The summed E-state index contributed by atoms with van der Waals surface area (Å²) >= 11 is 1.43. The van der Waals surface area contributed by atoms with E-state index < -0.39 is 0 Å². The van der Waals surface area contributed by atoms with E-state index in [4.69, 9.17) is 9.47 Å². The van der Waals surface area contributed by atoms with Crippen molar-refractivity contribution >= 4 is 27.5 Å². The molecule has 7 nitrogen and oxygen atoms in total. The number of benzene rings is 2. The highest BCUT2D eigenvalue weighted by Gasteiger charge is 2.25. The van der Waals surface area contributed by atoms with Crippen LogP contribution in [0.3, 0.4) is 0 Å². The maximum absolute atomic E-state index is 13.3. The van der Waals surface area contributed by atoms with Crippen molar-refractivity contribution in [2.45, 2.75) is 19.6 Å². The fourth-order valence-electron chi connectivity index (χ4n) is 3.96. The minimum absolute atomic E-state index is 0.0795. The summed E-state index contributed by atoms with van der Waals surface area (Å²) in [5.41, 5.74) is 1.58. The van der Waals surface area contributed by atoms with Gasteiger partial charge in [-0.3, -0.25) is 14.2 Å². The number of carbonyl (C=O) groups is 1. The molecule has 5 rings (SSSR count). The van der Waals surface area contributed by atoms with Gasteiger partial charge in [-0.05, 0) is 24.6 Å². The zero-order valence-electron chi connectivity index (χ0n) is 18.1. The molecule has 0 radical (unpaired) electrons. The molecule has 3 heterocycles. The Morgan fingerprint density at radius 2 is 1.91 bits per heavy atom. The molecule has 0 saturated carbocycles. The molecular weight excluding hydrogens is 438 g/mol. The topological polar surface area (TPSA) is 73.7 Å². The Kier molecular flexibility index (Phi) is 5.83. The van der Waals surface area contributed by atoms with Crippen LogP contribution in [0.4, 0.5) is 0 Å². The summed E-state index contributed by atoms with van der Waals surface area (Å²) in [7, 11) is 0. The summed E-state index contributed by atoms with van der Waals surface area (Å²) in [4.78, 5) is 33.1. The van der Waals surface area contributed by atoms with E-state index in [1.807, 2.05) is 66.9 Å². The molecule has 0 aliphatic carbocycles. The van der Waals surface area contributed by atoms with Crippen LogP contribution in [0.5, 0.6) is 11.5 Å². The van der Waals surface area contributed by atoms with Gasteiger partial charge < -0.3 is 14.4 Å². The Morgan fingerprint density at radius 1 is 1.15 bits per heavy atom. The van der Waals surface area contributed by atoms with Gasteiger partial charge in [0, 0.05) is 17.5 Å². The quantitative estimate of drug-likeness (QED) is 0.437. The van der Waals surface area contributed by atoms with Crippen LogP contribution >= 0.6 is 11.3 Å². The molecule has 0 saturated heterocycles. The molecule has 0 spiro atoms. The first-order chi connectivity index (χ1) is 16.1. The first-order valence-electron chi connectivity index (χ1n) is 10.8. The van der Waals surface area contributed by atoms with Gasteiger partial charge in [-0.25, -0.2) is 4.98 Å². The second kappa shape index (κ2) is 9.07. The smallest absolute Gasteiger partial charge is 0.263 e. The third kappa shape index (κ3) is 4.21. The Hall–Kier alpha value is -3.65. The molecule has 1 aliphatic rings. The number of para-hydroxylation sites is 2. The average molecular weight is 462 g/mol. The molecule has 2 aromatic heterocycles. The normalized spacial score (nSPS) is 14.9. The van der Waals surface area contributed by atoms with Gasteiger partial charge in [0.1, 0.15) is 18.0 Å². The van der Waals surface area contributed by atoms with Gasteiger partial charge in [0.15, 0.2) is 17.6 Å². The van der Waals surface area contributed by atoms with E-state index in [0.717, 1.165) is 11.1 Å². The molecule has 0 bridgehead atoms. The highest BCUT2D eigenvalue weighted by molar-refractivity contribution is 7.17. The first kappa shape index (κ1) is 21.2. The minimum atomic E-state index is -0.275. The van der Waals surface area contributed by atoms with Crippen molar-refractivity contribution in [1.29, 1.82) is 0 Å². The van der Waals surface area contributed by atoms with E-state index in [9.17, 15) is 9.59 Å². The fraction of sp³-hybridized carbons (Fsp3) is 0.240. The van der Waals surface area contributed by atoms with E-state index in [-0.39, 0.29) is 24.1 Å². The molecule has 0 N–H and O–H groups in total. The van der Waals surface area contributed by atoms with Crippen LogP contribution in [0.1, 0.15) is 6.92 Å². The van der Waals surface area contributed by atoms with Gasteiger partial charge in [0.25, 0.3) is 5.56 Å². The Labute approximate surface area is 194 Å². The first-order valence-corrected chi connectivity index (χ1v) is 11.7.